The van der Waals surface area contributed by atoms with Crippen LogP contribution in [-0.2, 0) is 0 Å². The smallest absolute Gasteiger partial charge is 0.395 e. The third kappa shape index (κ3) is 1.84. The fraction of sp³-hybridized carbons (Fsp3) is 1.00. The molecule has 0 radical (unpaired) electrons. The van der Waals surface area contributed by atoms with E-state index < -0.39 is 18.9 Å². The van der Waals surface area contributed by atoms with E-state index in [9.17, 15) is 13.2 Å². The summed E-state index contributed by atoms with van der Waals surface area (Å²) in [6.07, 6.45) is -3.31. The van der Waals surface area contributed by atoms with Crippen molar-refractivity contribution in [2.24, 2.45) is 0 Å². The standard InChI is InChI=1S/C6H10F3NO/c7-6(8,9)10-3-1-2-5(10)4-11/h5,11H,1-4H2/t5-/m0/s1. The molecule has 2 nitrogen and oxygen atoms in total. The predicted molar refractivity (Wildman–Crippen MR) is 32.9 cm³/mol. The monoisotopic (exact) mass is 169 g/mol. The van der Waals surface area contributed by atoms with E-state index in [0.717, 1.165) is 0 Å². The van der Waals surface area contributed by atoms with E-state index in [1.54, 1.807) is 0 Å². The van der Waals surface area contributed by atoms with Gasteiger partial charge in [-0.25, -0.2) is 4.90 Å². The number of hydrogen-bond acceptors (Lipinski definition) is 2. The largest absolute Gasteiger partial charge is 0.460 e. The van der Waals surface area contributed by atoms with Crippen LogP contribution in [0.15, 0.2) is 0 Å². The number of alkyl halides is 3. The molecule has 0 bridgehead atoms. The Balaban J connectivity index is 2.57. The van der Waals surface area contributed by atoms with Crippen molar-refractivity contribution < 1.29 is 18.3 Å². The highest BCUT2D eigenvalue weighted by atomic mass is 19.4. The van der Waals surface area contributed by atoms with Crippen molar-refractivity contribution in [1.29, 1.82) is 0 Å². The van der Waals surface area contributed by atoms with Crippen LogP contribution < -0.4 is 0 Å². The first kappa shape index (κ1) is 8.80. The zero-order valence-corrected chi connectivity index (χ0v) is 5.93. The minimum Gasteiger partial charge on any atom is -0.395 e. The molecule has 0 spiro atoms. The van der Waals surface area contributed by atoms with E-state index in [1.165, 1.54) is 0 Å². The Hall–Kier alpha value is -0.290. The lowest BCUT2D eigenvalue weighted by Crippen LogP contribution is -2.43. The first-order valence-corrected chi connectivity index (χ1v) is 3.50. The van der Waals surface area contributed by atoms with E-state index in [2.05, 4.69) is 0 Å². The van der Waals surface area contributed by atoms with Gasteiger partial charge in [0.15, 0.2) is 0 Å². The molecule has 1 atom stereocenters. The molecule has 1 aliphatic rings. The second kappa shape index (κ2) is 2.98. The Bertz CT molecular complexity index is 136. The Morgan fingerprint density at radius 1 is 1.45 bits per heavy atom. The highest BCUT2D eigenvalue weighted by molar-refractivity contribution is 4.79. The molecule has 11 heavy (non-hydrogen) atoms. The van der Waals surface area contributed by atoms with Gasteiger partial charge < -0.3 is 5.11 Å². The number of nitrogens with zero attached hydrogens (tertiary/aromatic N) is 1. The van der Waals surface area contributed by atoms with Gasteiger partial charge in [0, 0.05) is 12.6 Å². The van der Waals surface area contributed by atoms with Crippen molar-refractivity contribution in [3.63, 3.8) is 0 Å². The summed E-state index contributed by atoms with van der Waals surface area (Å²) < 4.78 is 36.0. The lowest BCUT2D eigenvalue weighted by Gasteiger charge is -2.24. The molecule has 0 unspecified atom stereocenters. The summed E-state index contributed by atoms with van der Waals surface area (Å²) >= 11 is 0. The zero-order valence-electron chi connectivity index (χ0n) is 5.93. The van der Waals surface area contributed by atoms with Gasteiger partial charge in [0.05, 0.1) is 6.61 Å². The van der Waals surface area contributed by atoms with Gasteiger partial charge in [-0.15, -0.1) is 0 Å². The topological polar surface area (TPSA) is 23.5 Å². The molecule has 0 aliphatic carbocycles. The van der Waals surface area contributed by atoms with Gasteiger partial charge in [0.2, 0.25) is 0 Å². The maximum absolute atomic E-state index is 12.0. The van der Waals surface area contributed by atoms with Gasteiger partial charge in [-0.05, 0) is 12.8 Å². The molecule has 0 aromatic rings. The summed E-state index contributed by atoms with van der Waals surface area (Å²) in [4.78, 5) is 0.396. The van der Waals surface area contributed by atoms with Crippen molar-refractivity contribution in [2.75, 3.05) is 13.2 Å². The SMILES string of the molecule is OC[C@@H]1CCCN1C(F)(F)F. The van der Waals surface area contributed by atoms with E-state index in [4.69, 9.17) is 5.11 Å². The van der Waals surface area contributed by atoms with Crippen molar-refractivity contribution in [3.05, 3.63) is 0 Å². The number of likely N-dealkylation sites (tertiary alicyclic amines) is 1. The van der Waals surface area contributed by atoms with Crippen molar-refractivity contribution in [2.45, 2.75) is 25.2 Å². The van der Waals surface area contributed by atoms with Crippen LogP contribution in [0.1, 0.15) is 12.8 Å². The normalized spacial score (nSPS) is 27.8. The van der Waals surface area contributed by atoms with Crippen LogP contribution in [0.4, 0.5) is 13.2 Å². The molecule has 0 amide bonds. The lowest BCUT2D eigenvalue weighted by molar-refractivity contribution is -0.252. The average molecular weight is 169 g/mol. The summed E-state index contributed by atoms with van der Waals surface area (Å²) in [6, 6.07) is -0.713. The highest BCUT2D eigenvalue weighted by Crippen LogP contribution is 2.29. The molecular formula is C6H10F3NO. The van der Waals surface area contributed by atoms with Gasteiger partial charge >= 0.3 is 6.30 Å². The summed E-state index contributed by atoms with van der Waals surface area (Å²) in [5.74, 6) is 0. The first-order valence-electron chi connectivity index (χ1n) is 3.50. The molecule has 0 aromatic heterocycles. The van der Waals surface area contributed by atoms with Gasteiger partial charge in [-0.2, -0.15) is 13.2 Å². The number of rotatable bonds is 1. The minimum absolute atomic E-state index is 0.0225. The predicted octanol–water partition coefficient (Wildman–Crippen LogP) is 0.963. The first-order chi connectivity index (χ1) is 5.05. The molecule has 1 saturated heterocycles. The number of aliphatic hydroxyl groups is 1. The Morgan fingerprint density at radius 3 is 2.45 bits per heavy atom. The molecule has 0 aromatic carbocycles. The Morgan fingerprint density at radius 2 is 2.09 bits per heavy atom. The van der Waals surface area contributed by atoms with Crippen LogP contribution >= 0.6 is 0 Å². The maximum atomic E-state index is 12.0. The van der Waals surface area contributed by atoms with Crippen molar-refractivity contribution in [1.82, 2.24) is 4.90 Å². The maximum Gasteiger partial charge on any atom is 0.460 e. The zero-order chi connectivity index (χ0) is 8.48. The van der Waals surface area contributed by atoms with Crippen LogP contribution in [0.3, 0.4) is 0 Å². The molecule has 5 heteroatoms. The van der Waals surface area contributed by atoms with Gasteiger partial charge in [0.1, 0.15) is 0 Å². The second-order valence-corrected chi connectivity index (χ2v) is 2.64. The van der Waals surface area contributed by atoms with E-state index in [-0.39, 0.29) is 6.54 Å². The third-order valence-corrected chi connectivity index (χ3v) is 1.91. The van der Waals surface area contributed by atoms with E-state index in [1.807, 2.05) is 0 Å². The fourth-order valence-electron chi connectivity index (χ4n) is 1.36. The molecular weight excluding hydrogens is 159 g/mol. The van der Waals surface area contributed by atoms with Crippen LogP contribution in [-0.4, -0.2) is 35.5 Å². The summed E-state index contributed by atoms with van der Waals surface area (Å²) in [5, 5.41) is 8.56. The van der Waals surface area contributed by atoms with Crippen LogP contribution in [0.5, 0.6) is 0 Å². The molecule has 1 rings (SSSR count). The van der Waals surface area contributed by atoms with Crippen LogP contribution in [0.25, 0.3) is 0 Å². The number of aliphatic hydroxyl groups excluding tert-OH is 1. The van der Waals surface area contributed by atoms with Crippen LogP contribution in [0, 0.1) is 0 Å². The second-order valence-electron chi connectivity index (χ2n) is 2.64. The third-order valence-electron chi connectivity index (χ3n) is 1.91. The Labute approximate surface area is 62.6 Å². The quantitative estimate of drug-likeness (QED) is 0.591. The Kier molecular flexibility index (Phi) is 2.39. The van der Waals surface area contributed by atoms with Crippen LogP contribution in [0.2, 0.25) is 0 Å². The summed E-state index contributed by atoms with van der Waals surface area (Å²) in [6.45, 7) is -0.381. The molecule has 1 aliphatic heterocycles. The molecule has 0 saturated carbocycles. The number of halogens is 3. The van der Waals surface area contributed by atoms with Gasteiger partial charge in [-0.1, -0.05) is 0 Å². The molecule has 66 valence electrons. The summed E-state index contributed by atoms with van der Waals surface area (Å²) in [5.41, 5.74) is 0. The molecule has 1 N–H and O–H groups in total. The van der Waals surface area contributed by atoms with Gasteiger partial charge in [0.25, 0.3) is 0 Å². The van der Waals surface area contributed by atoms with Gasteiger partial charge in [-0.3, -0.25) is 0 Å². The van der Waals surface area contributed by atoms with Crippen molar-refractivity contribution in [3.8, 4) is 0 Å². The number of hydrogen-bond donors (Lipinski definition) is 1. The van der Waals surface area contributed by atoms with Crippen molar-refractivity contribution >= 4 is 0 Å². The fourth-order valence-corrected chi connectivity index (χ4v) is 1.36. The average Bonchev–Trinajstić information content (AvgIpc) is 2.31. The highest BCUT2D eigenvalue weighted by Gasteiger charge is 2.43. The van der Waals surface area contributed by atoms with E-state index in [0.29, 0.717) is 17.7 Å². The summed E-state index contributed by atoms with van der Waals surface area (Å²) in [7, 11) is 0. The minimum atomic E-state index is -4.27. The lowest BCUT2D eigenvalue weighted by atomic mass is 10.2. The molecule has 1 fully saturated rings. The van der Waals surface area contributed by atoms with E-state index >= 15 is 0 Å². The molecule has 1 heterocycles.